The predicted molar refractivity (Wildman–Crippen MR) is 177 cm³/mol. The van der Waals surface area contributed by atoms with Gasteiger partial charge in [-0.05, 0) is 47.6 Å². The maximum atomic E-state index is 14.2. The molecule has 1 saturated carbocycles. The molecular weight excluding hydrogens is 616 g/mol. The van der Waals surface area contributed by atoms with E-state index >= 15 is 0 Å². The second kappa shape index (κ2) is 14.1. The van der Waals surface area contributed by atoms with Crippen molar-refractivity contribution >= 4 is 41.4 Å². The molecule has 1 saturated heterocycles. The summed E-state index contributed by atoms with van der Waals surface area (Å²) in [5, 5.41) is 8.43. The lowest BCUT2D eigenvalue weighted by Gasteiger charge is -2.38. The van der Waals surface area contributed by atoms with Gasteiger partial charge in [0, 0.05) is 6.54 Å². The van der Waals surface area contributed by atoms with Gasteiger partial charge in [-0.2, -0.15) is 0 Å². The zero-order valence-electron chi connectivity index (χ0n) is 29.1. The number of amides is 7. The third kappa shape index (κ3) is 7.87. The number of ketones is 1. The van der Waals surface area contributed by atoms with Gasteiger partial charge in [-0.25, -0.2) is 4.79 Å². The molecule has 3 aliphatic rings. The summed E-state index contributed by atoms with van der Waals surface area (Å²) in [6, 6.07) is 2.18. The number of nitrogens with one attached hydrogen (secondary N) is 3. The van der Waals surface area contributed by atoms with Gasteiger partial charge in [-0.1, -0.05) is 79.9 Å². The smallest absolute Gasteiger partial charge is 0.315 e. The number of carbonyl (C=O) groups is 7. The fourth-order valence-corrected chi connectivity index (χ4v) is 6.59. The second-order valence-corrected chi connectivity index (χ2v) is 15.7. The number of urea groups is 1. The van der Waals surface area contributed by atoms with E-state index in [0.29, 0.717) is 24.0 Å². The minimum Gasteiger partial charge on any atom is -0.363 e. The summed E-state index contributed by atoms with van der Waals surface area (Å²) in [6.45, 7) is 13.0. The van der Waals surface area contributed by atoms with E-state index in [9.17, 15) is 33.6 Å². The average Bonchev–Trinajstić information content (AvgIpc) is 3.47. The van der Waals surface area contributed by atoms with Gasteiger partial charge >= 0.3 is 6.03 Å². The minimum atomic E-state index is -1.12. The maximum absolute atomic E-state index is 14.2. The fourth-order valence-electron chi connectivity index (χ4n) is 6.59. The fraction of sp³-hybridized carbons (Fsp3) is 0.629. The number of carbonyl (C=O) groups excluding carboxylic acids is 7. The Kier molecular flexibility index (Phi) is 10.7. The van der Waals surface area contributed by atoms with Gasteiger partial charge in [0.25, 0.3) is 17.7 Å². The van der Waals surface area contributed by atoms with Crippen molar-refractivity contribution in [3.05, 3.63) is 35.4 Å². The van der Waals surface area contributed by atoms with Crippen LogP contribution in [0.3, 0.4) is 0 Å². The van der Waals surface area contributed by atoms with Crippen LogP contribution in [0.25, 0.3) is 0 Å². The van der Waals surface area contributed by atoms with Crippen molar-refractivity contribution in [1.29, 1.82) is 0 Å². The van der Waals surface area contributed by atoms with E-state index in [0.717, 1.165) is 24.2 Å². The Labute approximate surface area is 282 Å². The van der Waals surface area contributed by atoms with Crippen molar-refractivity contribution in [2.24, 2.45) is 28.4 Å². The van der Waals surface area contributed by atoms with Crippen LogP contribution in [0.1, 0.15) is 101 Å². The van der Waals surface area contributed by atoms with Crippen LogP contribution in [0.5, 0.6) is 0 Å². The van der Waals surface area contributed by atoms with Crippen molar-refractivity contribution in [2.75, 3.05) is 13.1 Å². The molecule has 1 aromatic carbocycles. The van der Waals surface area contributed by atoms with Crippen LogP contribution >= 0.6 is 0 Å². The van der Waals surface area contributed by atoms with Crippen LogP contribution < -0.4 is 21.7 Å². The molecule has 1 aromatic rings. The molecule has 262 valence electrons. The van der Waals surface area contributed by atoms with Crippen LogP contribution in [-0.2, 0) is 19.2 Å². The monoisotopic (exact) mass is 666 g/mol. The molecule has 0 bridgehead atoms. The SMILES string of the molecule is CC1CCN(C(=O)C(NC(=O)NC(CN2C(=O)c3ccccc3C2=O)C(C)(C)C)C(C)(C)C)C1C(=O)NC(CC1CCC1)C(=O)C(N)=O. The summed E-state index contributed by atoms with van der Waals surface area (Å²) in [7, 11) is 0. The molecule has 7 amide bonds. The van der Waals surface area contributed by atoms with Crippen molar-refractivity contribution in [3.8, 4) is 0 Å². The molecule has 5 unspecified atom stereocenters. The van der Waals surface area contributed by atoms with Crippen LogP contribution in [0.4, 0.5) is 4.79 Å². The Bertz CT molecular complexity index is 1440. The normalized spacial score (nSPS) is 21.6. The van der Waals surface area contributed by atoms with Gasteiger partial charge in [0.15, 0.2) is 0 Å². The van der Waals surface area contributed by atoms with E-state index in [1.807, 2.05) is 27.7 Å². The lowest BCUT2D eigenvalue weighted by atomic mass is 9.80. The molecule has 2 heterocycles. The quantitative estimate of drug-likeness (QED) is 0.206. The van der Waals surface area contributed by atoms with Crippen LogP contribution in [-0.4, -0.2) is 88.4 Å². The second-order valence-electron chi connectivity index (χ2n) is 15.7. The van der Waals surface area contributed by atoms with Gasteiger partial charge in [-0.15, -0.1) is 0 Å². The highest BCUT2D eigenvalue weighted by atomic mass is 16.2. The molecule has 2 aliphatic heterocycles. The first-order valence-corrected chi connectivity index (χ1v) is 16.8. The first-order valence-electron chi connectivity index (χ1n) is 16.8. The highest BCUT2D eigenvalue weighted by molar-refractivity contribution is 6.37. The van der Waals surface area contributed by atoms with Gasteiger partial charge in [-0.3, -0.25) is 33.7 Å². The predicted octanol–water partition coefficient (Wildman–Crippen LogP) is 2.38. The highest BCUT2D eigenvalue weighted by Crippen LogP contribution is 2.32. The Balaban J connectivity index is 1.49. The summed E-state index contributed by atoms with van der Waals surface area (Å²) in [5.41, 5.74) is 4.55. The molecule has 0 aromatic heterocycles. The van der Waals surface area contributed by atoms with Gasteiger partial charge in [0.2, 0.25) is 17.6 Å². The van der Waals surface area contributed by atoms with Gasteiger partial charge in [0.05, 0.1) is 29.8 Å². The maximum Gasteiger partial charge on any atom is 0.315 e. The summed E-state index contributed by atoms with van der Waals surface area (Å²) in [5.74, 6) is -3.90. The number of hydrogen-bond acceptors (Lipinski definition) is 7. The number of benzene rings is 1. The number of primary amides is 1. The highest BCUT2D eigenvalue weighted by Gasteiger charge is 2.46. The number of Topliss-reactive ketones (excluding diaryl/α,β-unsaturated/α-hetero) is 1. The molecule has 0 spiro atoms. The van der Waals surface area contributed by atoms with Crippen molar-refractivity contribution in [3.63, 3.8) is 0 Å². The van der Waals surface area contributed by atoms with E-state index in [-0.39, 0.29) is 24.9 Å². The molecule has 1 aliphatic carbocycles. The number of fused-ring (bicyclic) bond motifs is 1. The number of likely N-dealkylation sites (tertiary alicyclic amines) is 1. The number of hydrogen-bond donors (Lipinski definition) is 4. The standard InChI is InChI=1S/C35H50N6O7/c1-19-15-16-40(25(19)29(44)37-23(26(42)28(36)43)17-20-11-10-12-20)32(47)27(35(5,6)7)39-33(48)38-24(34(2,3)4)18-41-30(45)21-13-8-9-14-22(21)31(41)46/h8-9,13-14,19-20,23-25,27H,10-12,15-18H2,1-7H3,(H2,36,43)(H,37,44)(H2,38,39,48). The summed E-state index contributed by atoms with van der Waals surface area (Å²) >= 11 is 0. The summed E-state index contributed by atoms with van der Waals surface area (Å²) < 4.78 is 0. The minimum absolute atomic E-state index is 0.0741. The van der Waals surface area contributed by atoms with Gasteiger partial charge in [0.1, 0.15) is 12.1 Å². The largest absolute Gasteiger partial charge is 0.363 e. The van der Waals surface area contributed by atoms with Crippen molar-refractivity contribution in [1.82, 2.24) is 25.8 Å². The van der Waals surface area contributed by atoms with Crippen LogP contribution in [0.15, 0.2) is 24.3 Å². The lowest BCUT2D eigenvalue weighted by molar-refractivity contribution is -0.144. The molecule has 4 rings (SSSR count). The Morgan fingerprint density at radius 1 is 0.875 bits per heavy atom. The van der Waals surface area contributed by atoms with E-state index in [4.69, 9.17) is 5.73 Å². The van der Waals surface area contributed by atoms with E-state index in [1.54, 1.807) is 45.0 Å². The lowest BCUT2D eigenvalue weighted by Crippen LogP contribution is -2.62. The molecule has 2 fully saturated rings. The van der Waals surface area contributed by atoms with E-state index in [1.165, 1.54) is 4.90 Å². The first-order chi connectivity index (χ1) is 22.3. The van der Waals surface area contributed by atoms with Crippen LogP contribution in [0.2, 0.25) is 0 Å². The van der Waals surface area contributed by atoms with Gasteiger partial charge < -0.3 is 26.6 Å². The molecule has 13 nitrogen and oxygen atoms in total. The summed E-state index contributed by atoms with van der Waals surface area (Å²) in [6.07, 6.45) is 3.66. The Morgan fingerprint density at radius 3 is 1.94 bits per heavy atom. The third-order valence-corrected chi connectivity index (χ3v) is 9.90. The number of nitrogens with zero attached hydrogens (tertiary/aromatic N) is 2. The Hall–Kier alpha value is -4.29. The molecular formula is C35H50N6O7. The van der Waals surface area contributed by atoms with E-state index in [2.05, 4.69) is 16.0 Å². The average molecular weight is 667 g/mol. The topological polar surface area (TPSA) is 188 Å². The molecule has 0 radical (unpaired) electrons. The molecule has 5 N–H and O–H groups in total. The molecule has 48 heavy (non-hydrogen) atoms. The Morgan fingerprint density at radius 2 is 1.46 bits per heavy atom. The zero-order chi connectivity index (χ0) is 35.7. The molecule has 5 atom stereocenters. The van der Waals surface area contributed by atoms with Crippen molar-refractivity contribution < 1.29 is 33.6 Å². The molecule has 13 heteroatoms. The van der Waals surface area contributed by atoms with Crippen LogP contribution in [0, 0.1) is 22.7 Å². The van der Waals surface area contributed by atoms with E-state index < -0.39 is 76.3 Å². The number of imide groups is 1. The number of nitrogens with two attached hydrogens (primary N) is 1. The first kappa shape index (κ1) is 36.5. The number of rotatable bonds is 11. The third-order valence-electron chi connectivity index (χ3n) is 9.90. The summed E-state index contributed by atoms with van der Waals surface area (Å²) in [4.78, 5) is 94.6. The zero-order valence-corrected chi connectivity index (χ0v) is 29.1. The van der Waals surface area contributed by atoms with Crippen molar-refractivity contribution in [2.45, 2.75) is 105 Å².